The van der Waals surface area contributed by atoms with E-state index in [0.717, 1.165) is 0 Å². The summed E-state index contributed by atoms with van der Waals surface area (Å²) in [6, 6.07) is 0. The zero-order chi connectivity index (χ0) is 5.21. The van der Waals surface area contributed by atoms with Gasteiger partial charge in [0, 0.05) is 21.7 Å². The number of rotatable bonds is 1. The molecule has 0 bridgehead atoms. The average molecular weight is 184 g/mol. The minimum atomic E-state index is -4.08. The van der Waals surface area contributed by atoms with E-state index >= 15 is 0 Å². The summed E-state index contributed by atoms with van der Waals surface area (Å²) < 4.78 is 13.2. The summed E-state index contributed by atoms with van der Waals surface area (Å²) in [5.41, 5.74) is 0. The Labute approximate surface area is 78.7 Å². The zero-order valence-electron chi connectivity index (χ0n) is 5.66. The van der Waals surface area contributed by atoms with Crippen molar-refractivity contribution >= 4 is 18.3 Å². The minimum absolute atomic E-state index is 0. The molecule has 8 heteroatoms. The van der Waals surface area contributed by atoms with Gasteiger partial charge in [-0.1, -0.05) is 0 Å². The summed E-state index contributed by atoms with van der Waals surface area (Å²) >= 11 is 0. The first-order valence-electron chi connectivity index (χ1n) is 1.17. The van der Waals surface area contributed by atoms with Crippen molar-refractivity contribution in [2.24, 2.45) is 0 Å². The van der Waals surface area contributed by atoms with E-state index in [0.29, 0.717) is 0 Å². The molecule has 0 aromatic carbocycles. The van der Waals surface area contributed by atoms with Crippen LogP contribution >= 0.6 is 7.82 Å². The summed E-state index contributed by atoms with van der Waals surface area (Å²) in [7, 11) is -4.00. The summed E-state index contributed by atoms with van der Waals surface area (Å²) in [6.45, 7) is 0. The molecule has 0 radical (unpaired) electrons. The molecule has 0 aliphatic heterocycles. The normalized spacial score (nSPS) is 9.25. The van der Waals surface area contributed by atoms with Gasteiger partial charge in [-0.15, -0.1) is 0 Å². The number of phosphoric acid groups is 1. The Kier molecular flexibility index (Phi) is 13.8. The third-order valence-corrected chi connectivity index (χ3v) is 2.14. The van der Waals surface area contributed by atoms with E-state index in [2.05, 4.69) is 4.21 Å². The van der Waals surface area contributed by atoms with E-state index in [1.54, 1.807) is 0 Å². The van der Waals surface area contributed by atoms with Crippen molar-refractivity contribution in [3.63, 3.8) is 0 Å². The van der Waals surface area contributed by atoms with Crippen LogP contribution in [0.1, 0.15) is 1.43 Å². The van der Waals surface area contributed by atoms with Gasteiger partial charge in [-0.2, -0.15) is 0 Å². The molecule has 8 heavy (non-hydrogen) atoms. The molecule has 0 fully saturated rings. The number of hydrogen-bond donors (Lipinski definition) is 2. The molecule has 44 valence electrons. The van der Waals surface area contributed by atoms with Gasteiger partial charge in [0.15, 0.2) is 10.5 Å². The molecule has 2 N–H and O–H groups in total. The van der Waals surface area contributed by atoms with Crippen LogP contribution in [0.2, 0.25) is 0 Å². The van der Waals surface area contributed by atoms with Crippen LogP contribution in [-0.4, -0.2) is 20.3 Å². The molecule has 0 aromatic heterocycles. The van der Waals surface area contributed by atoms with Crippen molar-refractivity contribution in [1.82, 2.24) is 0 Å². The largest absolute Gasteiger partial charge is 1.00 e. The summed E-state index contributed by atoms with van der Waals surface area (Å²) in [6.07, 6.45) is 0. The van der Waals surface area contributed by atoms with Gasteiger partial charge in [0.1, 0.15) is 0 Å². The topological polar surface area (TPSA) is 66.8 Å². The van der Waals surface area contributed by atoms with Crippen molar-refractivity contribution < 1.29 is 60.6 Å². The molecule has 0 amide bonds. The Hall–Kier alpha value is 1.64. The van der Waals surface area contributed by atoms with Crippen LogP contribution in [0.3, 0.4) is 0 Å². The predicted octanol–water partition coefficient (Wildman–Crippen LogP) is -4.51. The molecular weight excluding hydrogens is 178 g/mol. The molecule has 0 heterocycles. The first-order valence-corrected chi connectivity index (χ1v) is 3.52. The second-order valence-corrected chi connectivity index (χ2v) is 3.11. The molecule has 0 spiro atoms. The van der Waals surface area contributed by atoms with Crippen LogP contribution in [0, 0.1) is 0 Å². The molecule has 0 rings (SSSR count). The third-order valence-electron chi connectivity index (χ3n) is 0.238. The van der Waals surface area contributed by atoms with Gasteiger partial charge in [0.2, 0.25) is 0 Å². The van der Waals surface area contributed by atoms with E-state index in [1.807, 2.05) is 0 Å². The SMILES string of the molecule is O=P(O)(O)O[SiH3].[H-].[Li+].[Ti]. The average Bonchev–Trinajstić information content (AvgIpc) is 1.35. The van der Waals surface area contributed by atoms with Gasteiger partial charge in [-0.3, -0.25) is 0 Å². The molecule has 0 aromatic rings. The van der Waals surface area contributed by atoms with Crippen molar-refractivity contribution in [1.29, 1.82) is 0 Å². The van der Waals surface area contributed by atoms with E-state index in [1.165, 1.54) is 0 Å². The van der Waals surface area contributed by atoms with Crippen LogP contribution in [0.4, 0.5) is 0 Å². The van der Waals surface area contributed by atoms with Crippen molar-refractivity contribution in [3.8, 4) is 0 Å². The molecule has 0 aliphatic carbocycles. The van der Waals surface area contributed by atoms with E-state index in [9.17, 15) is 4.57 Å². The maximum atomic E-state index is 9.51. The van der Waals surface area contributed by atoms with Crippen LogP contribution < -0.4 is 18.9 Å². The summed E-state index contributed by atoms with van der Waals surface area (Å²) in [5, 5.41) is 0. The standard InChI is InChI=1S/Li.H5O4PSi.Ti.H/c;1-5(2,3)4-6;;/h;6H3,(H2,1,2,3);;/q+1;;;-1. The van der Waals surface area contributed by atoms with Crippen LogP contribution in [0.5, 0.6) is 0 Å². The Morgan fingerprint density at radius 1 is 1.62 bits per heavy atom. The second kappa shape index (κ2) is 6.75. The Balaban J connectivity index is -0.0000000417. The predicted molar refractivity (Wildman–Crippen MR) is 24.2 cm³/mol. The van der Waals surface area contributed by atoms with E-state index in [-0.39, 0.29) is 52.5 Å². The van der Waals surface area contributed by atoms with Crippen LogP contribution in [0.25, 0.3) is 0 Å². The smallest absolute Gasteiger partial charge is 1.00 e. The molecule has 0 aliphatic rings. The monoisotopic (exact) mass is 184 g/mol. The number of hydrogen-bond acceptors (Lipinski definition) is 2. The van der Waals surface area contributed by atoms with Gasteiger partial charge < -0.3 is 15.4 Å². The van der Waals surface area contributed by atoms with Crippen LogP contribution in [-0.2, 0) is 30.5 Å². The molecule has 4 nitrogen and oxygen atoms in total. The molecule has 0 saturated heterocycles. The zero-order valence-corrected chi connectivity index (χ0v) is 9.11. The molecule has 0 atom stereocenters. The second-order valence-electron chi connectivity index (χ2n) is 0.673. The van der Waals surface area contributed by atoms with Crippen LogP contribution in [0.15, 0.2) is 0 Å². The molecular formula is H6LiO4PSiTi. The third kappa shape index (κ3) is 15.6. The van der Waals surface area contributed by atoms with Crippen molar-refractivity contribution in [2.75, 3.05) is 0 Å². The molecule has 0 unspecified atom stereocenters. The van der Waals surface area contributed by atoms with Crippen molar-refractivity contribution in [2.45, 2.75) is 0 Å². The van der Waals surface area contributed by atoms with E-state index < -0.39 is 7.82 Å². The maximum Gasteiger partial charge on any atom is 1.00 e. The Bertz CT molecular complexity index is 84.6. The Morgan fingerprint density at radius 2 is 1.75 bits per heavy atom. The minimum Gasteiger partial charge on any atom is -1.00 e. The van der Waals surface area contributed by atoms with Gasteiger partial charge in [0.25, 0.3) is 0 Å². The van der Waals surface area contributed by atoms with Crippen molar-refractivity contribution in [3.05, 3.63) is 0 Å². The fraction of sp³-hybridized carbons (Fsp3) is 0. The fourth-order valence-corrected chi connectivity index (χ4v) is 0. The maximum absolute atomic E-state index is 9.51. The van der Waals surface area contributed by atoms with Gasteiger partial charge >= 0.3 is 26.7 Å². The van der Waals surface area contributed by atoms with Gasteiger partial charge in [-0.25, -0.2) is 4.57 Å². The molecule has 0 saturated carbocycles. The first kappa shape index (κ1) is 16.3. The first-order chi connectivity index (χ1) is 2.56. The quantitative estimate of drug-likeness (QED) is 0.318. The summed E-state index contributed by atoms with van der Waals surface area (Å²) in [5.74, 6) is 0. The van der Waals surface area contributed by atoms with E-state index in [4.69, 9.17) is 9.79 Å². The summed E-state index contributed by atoms with van der Waals surface area (Å²) in [4.78, 5) is 15.5. The van der Waals surface area contributed by atoms with Gasteiger partial charge in [-0.05, 0) is 0 Å². The van der Waals surface area contributed by atoms with Gasteiger partial charge in [0.05, 0.1) is 0 Å². The fourth-order valence-electron chi connectivity index (χ4n) is 0. The Morgan fingerprint density at radius 3 is 1.75 bits per heavy atom.